The summed E-state index contributed by atoms with van der Waals surface area (Å²) >= 11 is 0. The van der Waals surface area contributed by atoms with E-state index in [-0.39, 0.29) is 24.6 Å². The number of nitrogens with one attached hydrogen (secondary N) is 2. The van der Waals surface area contributed by atoms with Crippen molar-refractivity contribution in [2.75, 3.05) is 24.4 Å². The molecule has 0 spiro atoms. The molecule has 9 heteroatoms. The van der Waals surface area contributed by atoms with Crippen LogP contribution in [0.5, 0.6) is 11.6 Å². The average Bonchev–Trinajstić information content (AvgIpc) is 3.26. The summed E-state index contributed by atoms with van der Waals surface area (Å²) in [5, 5.41) is 6.20. The summed E-state index contributed by atoms with van der Waals surface area (Å²) < 4.78 is 12.8. The van der Waals surface area contributed by atoms with Crippen molar-refractivity contribution in [3.8, 4) is 11.6 Å². The first-order valence-corrected chi connectivity index (χ1v) is 9.57. The van der Waals surface area contributed by atoms with E-state index in [1.807, 2.05) is 30.5 Å². The number of carbonyl (C=O) groups excluding carboxylic acids is 1. The molecular formula is C21H20N6O3. The maximum atomic E-state index is 11.7. The number of aliphatic imine (C=N–C) groups is 1. The van der Waals surface area contributed by atoms with Crippen LogP contribution in [0.15, 0.2) is 53.9 Å². The monoisotopic (exact) mass is 404 g/mol. The Bertz CT molecular complexity index is 1160. The molecule has 0 saturated heterocycles. The number of methoxy groups -OCH3 is 1. The van der Waals surface area contributed by atoms with Gasteiger partial charge < -0.3 is 24.7 Å². The number of benzene rings is 1. The molecule has 3 aromatic rings. The van der Waals surface area contributed by atoms with Gasteiger partial charge in [0.15, 0.2) is 18.3 Å². The summed E-state index contributed by atoms with van der Waals surface area (Å²) in [5.41, 5.74) is 2.43. The van der Waals surface area contributed by atoms with Crippen LogP contribution in [0.3, 0.4) is 0 Å². The zero-order valence-electron chi connectivity index (χ0n) is 16.5. The van der Waals surface area contributed by atoms with E-state index in [9.17, 15) is 4.79 Å². The SMILES string of the molecule is COc1cc(NC2=NC(c3ccc4c(c3)NC(=O)CO4)C(C)n3ccnc32)ccn1. The number of hydrogen-bond acceptors (Lipinski definition) is 7. The van der Waals surface area contributed by atoms with E-state index in [1.165, 1.54) is 0 Å². The molecule has 30 heavy (non-hydrogen) atoms. The number of rotatable bonds is 3. The second-order valence-electron chi connectivity index (χ2n) is 7.13. The Kier molecular flexibility index (Phi) is 4.35. The van der Waals surface area contributed by atoms with Crippen molar-refractivity contribution in [2.45, 2.75) is 19.0 Å². The quantitative estimate of drug-likeness (QED) is 0.696. The van der Waals surface area contributed by atoms with Gasteiger partial charge in [-0.15, -0.1) is 0 Å². The van der Waals surface area contributed by atoms with Gasteiger partial charge in [-0.1, -0.05) is 6.07 Å². The summed E-state index contributed by atoms with van der Waals surface area (Å²) in [6.45, 7) is 2.13. The fraction of sp³-hybridized carbons (Fsp3) is 0.238. The Balaban J connectivity index is 1.53. The van der Waals surface area contributed by atoms with Crippen molar-refractivity contribution in [1.82, 2.24) is 14.5 Å². The van der Waals surface area contributed by atoms with Gasteiger partial charge >= 0.3 is 0 Å². The van der Waals surface area contributed by atoms with Gasteiger partial charge in [0.25, 0.3) is 5.91 Å². The van der Waals surface area contributed by atoms with Crippen molar-refractivity contribution in [2.24, 2.45) is 4.99 Å². The molecule has 2 unspecified atom stereocenters. The minimum atomic E-state index is -0.179. The Morgan fingerprint density at radius 2 is 2.13 bits per heavy atom. The number of nitrogens with zero attached hydrogens (tertiary/aromatic N) is 4. The third-order valence-corrected chi connectivity index (χ3v) is 5.23. The third kappa shape index (κ3) is 3.14. The van der Waals surface area contributed by atoms with Crippen LogP contribution in [0, 0.1) is 0 Å². The van der Waals surface area contributed by atoms with Crippen molar-refractivity contribution in [3.63, 3.8) is 0 Å². The first-order chi connectivity index (χ1) is 14.6. The van der Waals surface area contributed by atoms with Gasteiger partial charge in [-0.3, -0.25) is 9.79 Å². The minimum absolute atomic E-state index is 0.0339. The number of aromatic nitrogens is 3. The van der Waals surface area contributed by atoms with Crippen LogP contribution >= 0.6 is 0 Å². The van der Waals surface area contributed by atoms with Gasteiger partial charge in [0.1, 0.15) is 5.75 Å². The zero-order chi connectivity index (χ0) is 20.7. The summed E-state index contributed by atoms with van der Waals surface area (Å²) in [6.07, 6.45) is 5.38. The molecule has 0 radical (unpaired) electrons. The molecular weight excluding hydrogens is 384 g/mol. The lowest BCUT2D eigenvalue weighted by Gasteiger charge is -2.30. The number of amides is 1. The molecule has 4 heterocycles. The van der Waals surface area contributed by atoms with E-state index in [1.54, 1.807) is 25.6 Å². The predicted molar refractivity (Wildman–Crippen MR) is 111 cm³/mol. The fourth-order valence-electron chi connectivity index (χ4n) is 3.74. The van der Waals surface area contributed by atoms with E-state index in [2.05, 4.69) is 32.1 Å². The smallest absolute Gasteiger partial charge is 0.262 e. The molecule has 1 amide bonds. The van der Waals surface area contributed by atoms with Crippen molar-refractivity contribution >= 4 is 23.1 Å². The minimum Gasteiger partial charge on any atom is -0.482 e. The normalized spacial score (nSPS) is 19.7. The molecule has 0 aliphatic carbocycles. The van der Waals surface area contributed by atoms with Gasteiger partial charge in [-0.25, -0.2) is 9.97 Å². The second kappa shape index (κ2) is 7.18. The molecule has 0 saturated carbocycles. The van der Waals surface area contributed by atoms with Crippen molar-refractivity contribution in [1.29, 1.82) is 0 Å². The lowest BCUT2D eigenvalue weighted by molar-refractivity contribution is -0.118. The van der Waals surface area contributed by atoms with Gasteiger partial charge in [-0.05, 0) is 30.7 Å². The Hall–Kier alpha value is -3.88. The lowest BCUT2D eigenvalue weighted by Crippen LogP contribution is -2.30. The standard InChI is InChI=1S/C21H20N6O3/c1-12-19(13-3-4-16-15(9-13)25-17(28)11-30-16)26-20(21-23-7-8-27(12)21)24-14-5-6-22-18(10-14)29-2/h3-10,12,19H,11H2,1-2H3,(H,25,28)(H,22,24,26). The molecule has 2 aliphatic rings. The highest BCUT2D eigenvalue weighted by atomic mass is 16.5. The van der Waals surface area contributed by atoms with E-state index in [4.69, 9.17) is 14.5 Å². The number of fused-ring (bicyclic) bond motifs is 2. The summed E-state index contributed by atoms with van der Waals surface area (Å²) in [7, 11) is 1.58. The van der Waals surface area contributed by atoms with E-state index >= 15 is 0 Å². The summed E-state index contributed by atoms with van der Waals surface area (Å²) in [4.78, 5) is 25.3. The first-order valence-electron chi connectivity index (χ1n) is 9.57. The van der Waals surface area contributed by atoms with Crippen LogP contribution in [0.2, 0.25) is 0 Å². The average molecular weight is 404 g/mol. The van der Waals surface area contributed by atoms with Gasteiger partial charge in [0.05, 0.1) is 24.9 Å². The predicted octanol–water partition coefficient (Wildman–Crippen LogP) is 2.79. The molecule has 2 atom stereocenters. The molecule has 0 bridgehead atoms. The van der Waals surface area contributed by atoms with Crippen LogP contribution in [0.4, 0.5) is 11.4 Å². The summed E-state index contributed by atoms with van der Waals surface area (Å²) in [5.74, 6) is 2.41. The topological polar surface area (TPSA) is 103 Å². The highest BCUT2D eigenvalue weighted by Crippen LogP contribution is 2.38. The second-order valence-corrected chi connectivity index (χ2v) is 7.13. The van der Waals surface area contributed by atoms with Crippen LogP contribution in [-0.2, 0) is 4.79 Å². The molecule has 2 N–H and O–H groups in total. The Morgan fingerprint density at radius 1 is 1.23 bits per heavy atom. The largest absolute Gasteiger partial charge is 0.482 e. The molecule has 0 fully saturated rings. The molecule has 152 valence electrons. The van der Waals surface area contributed by atoms with Gasteiger partial charge in [0.2, 0.25) is 5.88 Å². The first kappa shape index (κ1) is 18.2. The molecule has 2 aliphatic heterocycles. The van der Waals surface area contributed by atoms with Gasteiger partial charge in [-0.2, -0.15) is 0 Å². The number of hydrogen-bond donors (Lipinski definition) is 2. The Labute approximate surface area is 172 Å². The van der Waals surface area contributed by atoms with Gasteiger partial charge in [0, 0.05) is 30.3 Å². The van der Waals surface area contributed by atoms with Crippen molar-refractivity contribution in [3.05, 3.63) is 60.3 Å². The molecule has 9 nitrogen and oxygen atoms in total. The molecule has 2 aromatic heterocycles. The summed E-state index contributed by atoms with van der Waals surface area (Å²) in [6, 6.07) is 9.28. The van der Waals surface area contributed by atoms with E-state index < -0.39 is 0 Å². The number of carbonyl (C=O) groups is 1. The molecule has 1 aromatic carbocycles. The number of pyridine rings is 1. The van der Waals surface area contributed by atoms with Crippen LogP contribution in [0.1, 0.15) is 30.4 Å². The number of imidazole rings is 1. The van der Waals surface area contributed by atoms with Crippen molar-refractivity contribution < 1.29 is 14.3 Å². The maximum Gasteiger partial charge on any atom is 0.262 e. The van der Waals surface area contributed by atoms with Crippen LogP contribution < -0.4 is 20.1 Å². The zero-order valence-corrected chi connectivity index (χ0v) is 16.5. The molecule has 5 rings (SSSR count). The van der Waals surface area contributed by atoms with Crippen LogP contribution in [-0.4, -0.2) is 40.0 Å². The number of ether oxygens (including phenoxy) is 2. The highest BCUT2D eigenvalue weighted by Gasteiger charge is 2.30. The van der Waals surface area contributed by atoms with Crippen LogP contribution in [0.25, 0.3) is 0 Å². The third-order valence-electron chi connectivity index (χ3n) is 5.23. The number of anilines is 2. The van der Waals surface area contributed by atoms with E-state index in [0.717, 1.165) is 17.1 Å². The van der Waals surface area contributed by atoms with E-state index in [0.29, 0.717) is 23.2 Å². The highest BCUT2D eigenvalue weighted by molar-refractivity contribution is 6.06. The lowest BCUT2D eigenvalue weighted by atomic mass is 9.98. The Morgan fingerprint density at radius 3 is 3.00 bits per heavy atom. The fourth-order valence-corrected chi connectivity index (χ4v) is 3.74. The maximum absolute atomic E-state index is 11.7. The number of amidine groups is 1.